The number of aliphatic hydroxyl groups excluding tert-OH is 1. The Morgan fingerprint density at radius 3 is 2.67 bits per heavy atom. The van der Waals surface area contributed by atoms with Gasteiger partial charge in [-0.2, -0.15) is 0 Å². The summed E-state index contributed by atoms with van der Waals surface area (Å²) in [5.41, 5.74) is 2.37. The molecule has 3 rings (SSSR count). The molecule has 4 heteroatoms. The van der Waals surface area contributed by atoms with Gasteiger partial charge in [0.05, 0.1) is 6.61 Å². The summed E-state index contributed by atoms with van der Waals surface area (Å²) in [7, 11) is 0. The van der Waals surface area contributed by atoms with Gasteiger partial charge in [-0.3, -0.25) is 0 Å². The molecule has 3 nitrogen and oxygen atoms in total. The largest absolute Gasteiger partial charge is 0.491 e. The lowest BCUT2D eigenvalue weighted by atomic mass is 10.2. The summed E-state index contributed by atoms with van der Waals surface area (Å²) in [4.78, 5) is 0. The number of thiophene rings is 1. The molecule has 0 aliphatic carbocycles. The monoisotopic (exact) mass is 299 g/mol. The number of aliphatic hydroxyl groups is 1. The zero-order chi connectivity index (χ0) is 14.5. The molecule has 0 amide bonds. The maximum atomic E-state index is 8.72. The van der Waals surface area contributed by atoms with Crippen LogP contribution < -0.4 is 10.1 Å². The van der Waals surface area contributed by atoms with E-state index in [4.69, 9.17) is 9.84 Å². The number of hydrogen-bond acceptors (Lipinski definition) is 4. The molecular weight excluding hydrogens is 282 g/mol. The van der Waals surface area contributed by atoms with Crippen molar-refractivity contribution in [3.05, 3.63) is 59.5 Å². The third kappa shape index (κ3) is 3.35. The van der Waals surface area contributed by atoms with Gasteiger partial charge in [-0.15, -0.1) is 11.3 Å². The van der Waals surface area contributed by atoms with Gasteiger partial charge < -0.3 is 15.2 Å². The van der Waals surface area contributed by atoms with Crippen LogP contribution in [0.1, 0.15) is 5.56 Å². The lowest BCUT2D eigenvalue weighted by molar-refractivity contribution is 0.201. The smallest absolute Gasteiger partial charge is 0.119 e. The van der Waals surface area contributed by atoms with Crippen LogP contribution in [0.5, 0.6) is 5.75 Å². The predicted molar refractivity (Wildman–Crippen MR) is 88.2 cm³/mol. The van der Waals surface area contributed by atoms with E-state index in [2.05, 4.69) is 35.0 Å². The Morgan fingerprint density at radius 1 is 1.05 bits per heavy atom. The fraction of sp³-hybridized carbons (Fsp3) is 0.176. The minimum absolute atomic E-state index is 0.0330. The minimum atomic E-state index is 0.0330. The maximum absolute atomic E-state index is 8.72. The van der Waals surface area contributed by atoms with Crippen molar-refractivity contribution in [2.75, 3.05) is 18.5 Å². The highest BCUT2D eigenvalue weighted by Crippen LogP contribution is 2.26. The van der Waals surface area contributed by atoms with Gasteiger partial charge in [-0.05, 0) is 46.7 Å². The molecule has 2 N–H and O–H groups in total. The van der Waals surface area contributed by atoms with Crippen molar-refractivity contribution in [1.29, 1.82) is 0 Å². The van der Waals surface area contributed by atoms with Gasteiger partial charge in [0.2, 0.25) is 0 Å². The molecule has 21 heavy (non-hydrogen) atoms. The Bertz CT molecular complexity index is 706. The van der Waals surface area contributed by atoms with Crippen molar-refractivity contribution >= 4 is 27.1 Å². The lowest BCUT2D eigenvalue weighted by Gasteiger charge is -2.08. The van der Waals surface area contributed by atoms with Gasteiger partial charge in [0, 0.05) is 16.9 Å². The van der Waals surface area contributed by atoms with E-state index < -0.39 is 0 Å². The molecule has 2 aromatic carbocycles. The van der Waals surface area contributed by atoms with Crippen LogP contribution in [0.2, 0.25) is 0 Å². The van der Waals surface area contributed by atoms with Crippen LogP contribution >= 0.6 is 11.3 Å². The normalized spacial score (nSPS) is 10.7. The molecule has 3 aromatic rings. The molecule has 108 valence electrons. The molecule has 0 aliphatic heterocycles. The molecule has 0 fully saturated rings. The van der Waals surface area contributed by atoms with Gasteiger partial charge in [0.15, 0.2) is 0 Å². The van der Waals surface area contributed by atoms with Crippen molar-refractivity contribution in [1.82, 2.24) is 0 Å². The second kappa shape index (κ2) is 6.61. The number of hydrogen-bond donors (Lipinski definition) is 2. The zero-order valence-electron chi connectivity index (χ0n) is 11.6. The number of benzene rings is 2. The number of rotatable bonds is 6. The average Bonchev–Trinajstić information content (AvgIpc) is 2.95. The quantitative estimate of drug-likeness (QED) is 0.725. The van der Waals surface area contributed by atoms with Gasteiger partial charge >= 0.3 is 0 Å². The van der Waals surface area contributed by atoms with Gasteiger partial charge in [-0.25, -0.2) is 0 Å². The van der Waals surface area contributed by atoms with Crippen LogP contribution in [-0.4, -0.2) is 18.3 Å². The Morgan fingerprint density at radius 2 is 1.86 bits per heavy atom. The summed E-state index contributed by atoms with van der Waals surface area (Å²) in [6, 6.07) is 16.2. The summed E-state index contributed by atoms with van der Waals surface area (Å²) in [6.45, 7) is 1.17. The summed E-state index contributed by atoms with van der Waals surface area (Å²) in [5.74, 6) is 0.774. The summed E-state index contributed by atoms with van der Waals surface area (Å²) in [6.07, 6.45) is 0. The SMILES string of the molecule is OCCOc1ccc(NCc2csc3ccccc23)cc1. The number of ether oxygens (including phenoxy) is 1. The highest BCUT2D eigenvalue weighted by atomic mass is 32.1. The van der Waals surface area contributed by atoms with Crippen LogP contribution in [0.4, 0.5) is 5.69 Å². The van der Waals surface area contributed by atoms with Crippen LogP contribution in [0, 0.1) is 0 Å². The third-order valence-electron chi connectivity index (χ3n) is 3.26. The molecule has 1 heterocycles. The van der Waals surface area contributed by atoms with E-state index in [9.17, 15) is 0 Å². The molecule has 1 aromatic heterocycles. The van der Waals surface area contributed by atoms with Gasteiger partial charge in [0.25, 0.3) is 0 Å². The molecule has 0 unspecified atom stereocenters. The molecule has 0 aliphatic rings. The second-order valence-electron chi connectivity index (χ2n) is 4.71. The number of fused-ring (bicyclic) bond motifs is 1. The molecule has 0 radical (unpaired) electrons. The van der Waals surface area contributed by atoms with Crippen LogP contribution in [-0.2, 0) is 6.54 Å². The fourth-order valence-electron chi connectivity index (χ4n) is 2.20. The molecule has 0 bridgehead atoms. The molecular formula is C17H17NO2S. The Balaban J connectivity index is 1.64. The fourth-order valence-corrected chi connectivity index (χ4v) is 3.16. The van der Waals surface area contributed by atoms with E-state index in [1.807, 2.05) is 24.3 Å². The first-order chi connectivity index (χ1) is 10.4. The minimum Gasteiger partial charge on any atom is -0.491 e. The van der Waals surface area contributed by atoms with Crippen molar-refractivity contribution in [2.24, 2.45) is 0 Å². The first-order valence-electron chi connectivity index (χ1n) is 6.89. The van der Waals surface area contributed by atoms with E-state index in [-0.39, 0.29) is 6.61 Å². The summed E-state index contributed by atoms with van der Waals surface area (Å²) >= 11 is 1.78. The van der Waals surface area contributed by atoms with Crippen molar-refractivity contribution in [3.63, 3.8) is 0 Å². The lowest BCUT2D eigenvalue weighted by Crippen LogP contribution is -2.02. The van der Waals surface area contributed by atoms with Gasteiger partial charge in [-0.1, -0.05) is 18.2 Å². The Hall–Kier alpha value is -2.04. The highest BCUT2D eigenvalue weighted by Gasteiger charge is 2.03. The van der Waals surface area contributed by atoms with E-state index in [1.54, 1.807) is 11.3 Å². The molecule has 0 spiro atoms. The first-order valence-corrected chi connectivity index (χ1v) is 7.77. The van der Waals surface area contributed by atoms with Crippen molar-refractivity contribution in [2.45, 2.75) is 6.54 Å². The van der Waals surface area contributed by atoms with E-state index >= 15 is 0 Å². The Labute approximate surface area is 127 Å². The van der Waals surface area contributed by atoms with E-state index in [1.165, 1.54) is 15.6 Å². The maximum Gasteiger partial charge on any atom is 0.119 e. The zero-order valence-corrected chi connectivity index (χ0v) is 12.4. The summed E-state index contributed by atoms with van der Waals surface area (Å²) in [5, 5.41) is 15.7. The average molecular weight is 299 g/mol. The second-order valence-corrected chi connectivity index (χ2v) is 5.62. The molecule has 0 saturated carbocycles. The molecule has 0 atom stereocenters. The first kappa shape index (κ1) is 13.9. The Kier molecular flexibility index (Phi) is 4.38. The number of nitrogens with one attached hydrogen (secondary N) is 1. The van der Waals surface area contributed by atoms with Crippen molar-refractivity contribution < 1.29 is 9.84 Å². The third-order valence-corrected chi connectivity index (χ3v) is 4.27. The predicted octanol–water partition coefficient (Wildman–Crippen LogP) is 3.88. The number of anilines is 1. The van der Waals surface area contributed by atoms with Crippen LogP contribution in [0.3, 0.4) is 0 Å². The topological polar surface area (TPSA) is 41.5 Å². The summed E-state index contributed by atoms with van der Waals surface area (Å²) < 4.78 is 6.66. The van der Waals surface area contributed by atoms with Crippen LogP contribution in [0.25, 0.3) is 10.1 Å². The molecule has 0 saturated heterocycles. The van der Waals surface area contributed by atoms with E-state index in [0.29, 0.717) is 6.61 Å². The van der Waals surface area contributed by atoms with Crippen LogP contribution in [0.15, 0.2) is 53.9 Å². The van der Waals surface area contributed by atoms with Crippen molar-refractivity contribution in [3.8, 4) is 5.75 Å². The van der Waals surface area contributed by atoms with E-state index in [0.717, 1.165) is 18.0 Å². The standard InChI is InChI=1S/C17H17NO2S/c19-9-10-20-15-7-5-14(6-8-15)18-11-13-12-21-17-4-2-1-3-16(13)17/h1-8,12,18-19H,9-11H2. The van der Waals surface area contributed by atoms with Gasteiger partial charge in [0.1, 0.15) is 12.4 Å². The highest BCUT2D eigenvalue weighted by molar-refractivity contribution is 7.17.